The lowest BCUT2D eigenvalue weighted by Gasteiger charge is -2.43. The van der Waals surface area contributed by atoms with Crippen molar-refractivity contribution in [1.29, 1.82) is 0 Å². The highest BCUT2D eigenvalue weighted by molar-refractivity contribution is 5.95. The molecule has 2 nitrogen and oxygen atoms in total. The average Bonchev–Trinajstić information content (AvgIpc) is 2.97. The van der Waals surface area contributed by atoms with Gasteiger partial charge in [0.05, 0.1) is 0 Å². The van der Waals surface area contributed by atoms with Crippen LogP contribution in [0.25, 0.3) is 10.8 Å². The lowest BCUT2D eigenvalue weighted by atomic mass is 9.71. The summed E-state index contributed by atoms with van der Waals surface area (Å²) < 4.78 is 6.35. The summed E-state index contributed by atoms with van der Waals surface area (Å²) in [5.41, 5.74) is 3.59. The zero-order chi connectivity index (χ0) is 20.2. The highest BCUT2D eigenvalue weighted by Crippen LogP contribution is 2.59. The molecule has 1 aliphatic carbocycles. The van der Waals surface area contributed by atoms with E-state index in [2.05, 4.69) is 56.3 Å². The van der Waals surface area contributed by atoms with Crippen LogP contribution in [0.15, 0.2) is 84.9 Å². The molecule has 0 unspecified atom stereocenters. The van der Waals surface area contributed by atoms with Crippen molar-refractivity contribution >= 4 is 10.8 Å². The fraction of sp³-hybridized carbons (Fsp3) is 0.185. The van der Waals surface area contributed by atoms with Crippen molar-refractivity contribution in [3.05, 3.63) is 118 Å². The second-order valence-corrected chi connectivity index (χ2v) is 8.04. The minimum Gasteiger partial charge on any atom is -0.377 e. The van der Waals surface area contributed by atoms with E-state index in [9.17, 15) is 5.11 Å². The number of benzene rings is 4. The summed E-state index contributed by atoms with van der Waals surface area (Å²) in [6.07, 6.45) is 0. The summed E-state index contributed by atoms with van der Waals surface area (Å²) in [7, 11) is 1.70. The molecule has 0 bridgehead atoms. The van der Waals surface area contributed by atoms with Crippen molar-refractivity contribution in [2.45, 2.75) is 25.0 Å². The quantitative estimate of drug-likeness (QED) is 0.502. The van der Waals surface area contributed by atoms with Crippen LogP contribution in [0.3, 0.4) is 0 Å². The number of ether oxygens (including phenoxy) is 1. The van der Waals surface area contributed by atoms with Crippen molar-refractivity contribution in [3.8, 4) is 0 Å². The second kappa shape index (κ2) is 6.28. The van der Waals surface area contributed by atoms with Crippen molar-refractivity contribution in [2.75, 3.05) is 7.11 Å². The molecule has 0 spiro atoms. The minimum absolute atomic E-state index is 0.828. The molecule has 4 aromatic rings. The monoisotopic (exact) mass is 380 g/mol. The maximum atomic E-state index is 12.6. The van der Waals surface area contributed by atoms with E-state index in [0.29, 0.717) is 0 Å². The zero-order valence-corrected chi connectivity index (χ0v) is 16.9. The number of aryl methyl sites for hydroxylation is 2. The number of rotatable bonds is 3. The van der Waals surface area contributed by atoms with Gasteiger partial charge in [0.2, 0.25) is 0 Å². The Labute approximate surface area is 171 Å². The third kappa shape index (κ3) is 2.24. The molecule has 144 valence electrons. The third-order valence-corrected chi connectivity index (χ3v) is 6.42. The lowest BCUT2D eigenvalue weighted by Crippen LogP contribution is -2.49. The van der Waals surface area contributed by atoms with Crippen LogP contribution in [0, 0.1) is 13.8 Å². The zero-order valence-electron chi connectivity index (χ0n) is 16.9. The predicted octanol–water partition coefficient (Wildman–Crippen LogP) is 5.60. The molecule has 29 heavy (non-hydrogen) atoms. The first-order chi connectivity index (χ1) is 14.0. The van der Waals surface area contributed by atoms with E-state index in [0.717, 1.165) is 38.6 Å². The second-order valence-electron chi connectivity index (χ2n) is 8.04. The molecule has 0 aromatic heterocycles. The molecule has 1 aliphatic rings. The number of aliphatic hydroxyl groups is 1. The minimum atomic E-state index is -1.35. The molecule has 0 fully saturated rings. The topological polar surface area (TPSA) is 29.5 Å². The Bertz CT molecular complexity index is 1200. The summed E-state index contributed by atoms with van der Waals surface area (Å²) in [5, 5.41) is 14.8. The van der Waals surface area contributed by atoms with Gasteiger partial charge in [-0.3, -0.25) is 0 Å². The van der Waals surface area contributed by atoms with Gasteiger partial charge >= 0.3 is 0 Å². The fourth-order valence-corrected chi connectivity index (χ4v) is 5.00. The normalized spacial score (nSPS) is 22.9. The van der Waals surface area contributed by atoms with E-state index in [1.54, 1.807) is 7.11 Å². The van der Waals surface area contributed by atoms with Gasteiger partial charge in [-0.15, -0.1) is 0 Å². The van der Waals surface area contributed by atoms with Gasteiger partial charge in [-0.05, 0) is 41.3 Å². The predicted molar refractivity (Wildman–Crippen MR) is 117 cm³/mol. The first-order valence-electron chi connectivity index (χ1n) is 9.97. The molecule has 0 heterocycles. The molecule has 0 aliphatic heterocycles. The molecule has 0 saturated carbocycles. The van der Waals surface area contributed by atoms with Gasteiger partial charge in [0.15, 0.2) is 11.2 Å². The molecule has 4 aromatic carbocycles. The smallest absolute Gasteiger partial charge is 0.155 e. The van der Waals surface area contributed by atoms with Gasteiger partial charge < -0.3 is 9.84 Å². The van der Waals surface area contributed by atoms with E-state index in [1.165, 1.54) is 5.56 Å². The Hall–Kier alpha value is -2.94. The van der Waals surface area contributed by atoms with Crippen molar-refractivity contribution in [3.63, 3.8) is 0 Å². The highest BCUT2D eigenvalue weighted by atomic mass is 16.5. The molecule has 0 amide bonds. The van der Waals surface area contributed by atoms with Crippen LogP contribution in [0.1, 0.15) is 33.4 Å². The molecule has 0 saturated heterocycles. The van der Waals surface area contributed by atoms with Gasteiger partial charge in [0.1, 0.15) is 0 Å². The van der Waals surface area contributed by atoms with E-state index in [-0.39, 0.29) is 0 Å². The first-order valence-corrected chi connectivity index (χ1v) is 9.97. The Balaban J connectivity index is 1.94. The largest absolute Gasteiger partial charge is 0.377 e. The number of hydrogen-bond donors (Lipinski definition) is 1. The number of hydrogen-bond acceptors (Lipinski definition) is 2. The van der Waals surface area contributed by atoms with E-state index < -0.39 is 11.2 Å². The molecule has 1 N–H and O–H groups in total. The average molecular weight is 380 g/mol. The Morgan fingerprint density at radius 1 is 0.655 bits per heavy atom. The van der Waals surface area contributed by atoms with Crippen LogP contribution < -0.4 is 0 Å². The summed E-state index contributed by atoms with van der Waals surface area (Å²) in [6.45, 7) is 4.13. The van der Waals surface area contributed by atoms with Crippen molar-refractivity contribution < 1.29 is 9.84 Å². The highest BCUT2D eigenvalue weighted by Gasteiger charge is 2.61. The van der Waals surface area contributed by atoms with Gasteiger partial charge in [0.25, 0.3) is 0 Å². The van der Waals surface area contributed by atoms with E-state index in [1.807, 2.05) is 42.5 Å². The molecule has 2 heteroatoms. The van der Waals surface area contributed by atoms with Crippen LogP contribution in [0.4, 0.5) is 0 Å². The van der Waals surface area contributed by atoms with E-state index >= 15 is 0 Å². The molecular weight excluding hydrogens is 356 g/mol. The van der Waals surface area contributed by atoms with Crippen LogP contribution in [0.5, 0.6) is 0 Å². The fourth-order valence-electron chi connectivity index (χ4n) is 5.00. The standard InChI is InChI=1S/C27H24O2/c1-18-10-14-21(15-11-18)26(28)23-8-4-6-20-7-5-9-24(25(20)23)27(26,29-3)22-16-12-19(2)13-17-22/h4-17,28H,1-3H3/t26-,27-/m1/s1. The maximum absolute atomic E-state index is 12.6. The van der Waals surface area contributed by atoms with E-state index in [4.69, 9.17) is 4.74 Å². The first kappa shape index (κ1) is 18.1. The number of methoxy groups -OCH3 is 1. The molecule has 0 radical (unpaired) electrons. The van der Waals surface area contributed by atoms with Gasteiger partial charge in [-0.1, -0.05) is 96.1 Å². The Morgan fingerprint density at radius 2 is 1.17 bits per heavy atom. The van der Waals surface area contributed by atoms with Crippen LogP contribution >= 0.6 is 0 Å². The van der Waals surface area contributed by atoms with Crippen LogP contribution in [-0.4, -0.2) is 12.2 Å². The van der Waals surface area contributed by atoms with Gasteiger partial charge in [-0.2, -0.15) is 0 Å². The summed E-state index contributed by atoms with van der Waals surface area (Å²) in [5.74, 6) is 0. The van der Waals surface area contributed by atoms with Crippen molar-refractivity contribution in [2.24, 2.45) is 0 Å². The SMILES string of the molecule is CO[C@]1(c2ccc(C)cc2)c2cccc3cccc(c23)[C@]1(O)c1ccc(C)cc1. The van der Waals surface area contributed by atoms with Gasteiger partial charge in [-0.25, -0.2) is 0 Å². The van der Waals surface area contributed by atoms with Crippen LogP contribution in [0.2, 0.25) is 0 Å². The Kier molecular flexibility index (Phi) is 3.92. The third-order valence-electron chi connectivity index (χ3n) is 6.42. The summed E-state index contributed by atoms with van der Waals surface area (Å²) in [6, 6.07) is 28.8. The molecule has 2 atom stereocenters. The molecule has 5 rings (SSSR count). The van der Waals surface area contributed by atoms with Crippen LogP contribution in [-0.2, 0) is 15.9 Å². The maximum Gasteiger partial charge on any atom is 0.155 e. The van der Waals surface area contributed by atoms with Crippen molar-refractivity contribution in [1.82, 2.24) is 0 Å². The summed E-state index contributed by atoms with van der Waals surface area (Å²) >= 11 is 0. The Morgan fingerprint density at radius 3 is 1.72 bits per heavy atom. The lowest BCUT2D eigenvalue weighted by molar-refractivity contribution is -0.127. The van der Waals surface area contributed by atoms with Gasteiger partial charge in [0, 0.05) is 12.7 Å². The molecular formula is C27H24O2. The summed E-state index contributed by atoms with van der Waals surface area (Å²) in [4.78, 5) is 0.